The molecule has 3 heteroatoms. The molecule has 0 heterocycles. The highest BCUT2D eigenvalue weighted by Gasteiger charge is 2.27. The fourth-order valence-corrected chi connectivity index (χ4v) is 2.26. The Morgan fingerprint density at radius 1 is 1.28 bits per heavy atom. The Labute approximate surface area is 109 Å². The zero-order valence-corrected chi connectivity index (χ0v) is 11.4. The van der Waals surface area contributed by atoms with Crippen molar-refractivity contribution in [3.8, 4) is 0 Å². The Bertz CT molecular complexity index is 460. The van der Waals surface area contributed by atoms with Gasteiger partial charge in [0.05, 0.1) is 6.04 Å². The molecule has 1 amide bonds. The lowest BCUT2D eigenvalue weighted by Crippen LogP contribution is -2.45. The largest absolute Gasteiger partial charge is 0.325 e. The molecule has 0 bridgehead atoms. The maximum Gasteiger partial charge on any atom is 0.241 e. The summed E-state index contributed by atoms with van der Waals surface area (Å²) in [5.74, 6) is -0.111. The number of rotatable bonds is 2. The maximum atomic E-state index is 12.0. The predicted molar refractivity (Wildman–Crippen MR) is 74.5 cm³/mol. The van der Waals surface area contributed by atoms with Gasteiger partial charge in [0.2, 0.25) is 5.91 Å². The maximum absolute atomic E-state index is 12.0. The van der Waals surface area contributed by atoms with Gasteiger partial charge in [0.1, 0.15) is 0 Å². The topological polar surface area (TPSA) is 55.1 Å². The molecule has 0 radical (unpaired) electrons. The van der Waals surface area contributed by atoms with Crippen LogP contribution in [0.2, 0.25) is 0 Å². The van der Waals surface area contributed by atoms with Crippen molar-refractivity contribution >= 4 is 11.6 Å². The second kappa shape index (κ2) is 4.73. The highest BCUT2D eigenvalue weighted by atomic mass is 16.2. The van der Waals surface area contributed by atoms with Crippen LogP contribution in [-0.4, -0.2) is 11.9 Å². The van der Waals surface area contributed by atoms with Crippen LogP contribution in [0.25, 0.3) is 0 Å². The number of hydrogen-bond donors (Lipinski definition) is 2. The zero-order chi connectivity index (χ0) is 13.3. The minimum Gasteiger partial charge on any atom is -0.325 e. The van der Waals surface area contributed by atoms with Crippen LogP contribution in [0.15, 0.2) is 18.2 Å². The molecule has 1 aromatic carbocycles. The Balaban J connectivity index is 2.08. The van der Waals surface area contributed by atoms with E-state index in [0.29, 0.717) is 0 Å². The van der Waals surface area contributed by atoms with E-state index in [0.717, 1.165) is 18.5 Å². The Morgan fingerprint density at radius 3 is 2.61 bits per heavy atom. The number of carbonyl (C=O) groups is 1. The molecule has 1 unspecified atom stereocenters. The van der Waals surface area contributed by atoms with E-state index in [1.807, 2.05) is 26.8 Å². The van der Waals surface area contributed by atoms with Crippen molar-refractivity contribution < 1.29 is 4.79 Å². The quantitative estimate of drug-likeness (QED) is 0.842. The number of carbonyl (C=O) groups excluding carboxylic acids is 1. The van der Waals surface area contributed by atoms with Crippen molar-refractivity contribution in [3.05, 3.63) is 29.3 Å². The second-order valence-corrected chi connectivity index (χ2v) is 6.17. The summed E-state index contributed by atoms with van der Waals surface area (Å²) in [4.78, 5) is 12.0. The van der Waals surface area contributed by atoms with Gasteiger partial charge in [-0.05, 0) is 47.9 Å². The summed E-state index contributed by atoms with van der Waals surface area (Å²) in [5, 5.41) is 2.91. The summed E-state index contributed by atoms with van der Waals surface area (Å²) >= 11 is 0. The number of anilines is 1. The molecule has 18 heavy (non-hydrogen) atoms. The molecule has 2 rings (SSSR count). The van der Waals surface area contributed by atoms with E-state index in [1.165, 1.54) is 17.5 Å². The highest BCUT2D eigenvalue weighted by Crippen LogP contribution is 2.25. The van der Waals surface area contributed by atoms with Gasteiger partial charge in [-0.15, -0.1) is 0 Å². The fourth-order valence-electron chi connectivity index (χ4n) is 2.26. The van der Waals surface area contributed by atoms with Gasteiger partial charge >= 0.3 is 0 Å². The first-order valence-corrected chi connectivity index (χ1v) is 6.56. The van der Waals surface area contributed by atoms with Crippen LogP contribution in [0.3, 0.4) is 0 Å². The van der Waals surface area contributed by atoms with Crippen LogP contribution in [0.5, 0.6) is 0 Å². The van der Waals surface area contributed by atoms with Crippen LogP contribution in [0.1, 0.15) is 38.3 Å². The highest BCUT2D eigenvalue weighted by molar-refractivity contribution is 5.95. The van der Waals surface area contributed by atoms with Crippen LogP contribution < -0.4 is 11.1 Å². The third kappa shape index (κ3) is 2.72. The van der Waals surface area contributed by atoms with Crippen molar-refractivity contribution in [2.45, 2.75) is 46.1 Å². The van der Waals surface area contributed by atoms with E-state index in [9.17, 15) is 4.79 Å². The van der Waals surface area contributed by atoms with Crippen molar-refractivity contribution in [2.24, 2.45) is 11.1 Å². The summed E-state index contributed by atoms with van der Waals surface area (Å²) in [5.41, 5.74) is 9.35. The Morgan fingerprint density at radius 2 is 1.94 bits per heavy atom. The van der Waals surface area contributed by atoms with Gasteiger partial charge in [-0.1, -0.05) is 26.8 Å². The standard InChI is InChI=1S/C15H22N2O/c1-15(2,3)13(16)14(18)17-12-8-7-10-5-4-6-11(10)9-12/h7-9,13H,4-6,16H2,1-3H3,(H,17,18). The first-order chi connectivity index (χ1) is 8.38. The van der Waals surface area contributed by atoms with Crippen LogP contribution in [-0.2, 0) is 17.6 Å². The molecule has 3 N–H and O–H groups in total. The van der Waals surface area contributed by atoms with Gasteiger partial charge in [0, 0.05) is 5.69 Å². The zero-order valence-electron chi connectivity index (χ0n) is 11.4. The lowest BCUT2D eigenvalue weighted by molar-refractivity contribution is -0.119. The van der Waals surface area contributed by atoms with Crippen molar-refractivity contribution in [3.63, 3.8) is 0 Å². The van der Waals surface area contributed by atoms with Gasteiger partial charge in [0.15, 0.2) is 0 Å². The molecule has 98 valence electrons. The lowest BCUT2D eigenvalue weighted by atomic mass is 9.87. The summed E-state index contributed by atoms with van der Waals surface area (Å²) in [6, 6.07) is 5.67. The molecular weight excluding hydrogens is 224 g/mol. The van der Waals surface area contributed by atoms with Crippen molar-refractivity contribution in [1.82, 2.24) is 0 Å². The SMILES string of the molecule is CC(C)(C)C(N)C(=O)Nc1ccc2c(c1)CCC2. The summed E-state index contributed by atoms with van der Waals surface area (Å²) < 4.78 is 0. The van der Waals surface area contributed by atoms with E-state index in [2.05, 4.69) is 17.4 Å². The number of aryl methyl sites for hydroxylation is 2. The van der Waals surface area contributed by atoms with Gasteiger partial charge < -0.3 is 11.1 Å². The summed E-state index contributed by atoms with van der Waals surface area (Å²) in [6.45, 7) is 5.92. The minimum atomic E-state index is -0.495. The summed E-state index contributed by atoms with van der Waals surface area (Å²) in [7, 11) is 0. The van der Waals surface area contributed by atoms with Crippen molar-refractivity contribution in [1.29, 1.82) is 0 Å². The molecule has 0 saturated heterocycles. The average Bonchev–Trinajstić information content (AvgIpc) is 2.73. The van der Waals surface area contributed by atoms with Gasteiger partial charge in [0.25, 0.3) is 0 Å². The average molecular weight is 246 g/mol. The molecule has 1 atom stereocenters. The number of hydrogen-bond acceptors (Lipinski definition) is 2. The summed E-state index contributed by atoms with van der Waals surface area (Å²) in [6.07, 6.45) is 3.49. The molecule has 0 spiro atoms. The van der Waals surface area contributed by atoms with Gasteiger partial charge in [-0.2, -0.15) is 0 Å². The minimum absolute atomic E-state index is 0.111. The van der Waals surface area contributed by atoms with E-state index >= 15 is 0 Å². The molecule has 0 fully saturated rings. The third-order valence-electron chi connectivity index (χ3n) is 3.58. The molecule has 3 nitrogen and oxygen atoms in total. The molecule has 1 aromatic rings. The van der Waals surface area contributed by atoms with Crippen LogP contribution in [0, 0.1) is 5.41 Å². The normalized spacial score (nSPS) is 16.2. The number of nitrogens with one attached hydrogen (secondary N) is 1. The van der Waals surface area contributed by atoms with Gasteiger partial charge in [-0.25, -0.2) is 0 Å². The molecule has 1 aliphatic rings. The number of fused-ring (bicyclic) bond motifs is 1. The molecule has 0 saturated carbocycles. The fraction of sp³-hybridized carbons (Fsp3) is 0.533. The number of nitrogens with two attached hydrogens (primary N) is 1. The van der Waals surface area contributed by atoms with E-state index < -0.39 is 6.04 Å². The first-order valence-electron chi connectivity index (χ1n) is 6.56. The predicted octanol–water partition coefficient (Wildman–Crippen LogP) is 2.49. The molecule has 1 aliphatic carbocycles. The Kier molecular flexibility index (Phi) is 3.44. The molecular formula is C15H22N2O. The Hall–Kier alpha value is -1.35. The van der Waals surface area contributed by atoms with Gasteiger partial charge in [-0.3, -0.25) is 4.79 Å². The van der Waals surface area contributed by atoms with Crippen molar-refractivity contribution in [2.75, 3.05) is 5.32 Å². The third-order valence-corrected chi connectivity index (χ3v) is 3.58. The molecule has 0 aromatic heterocycles. The monoisotopic (exact) mass is 246 g/mol. The molecule has 0 aliphatic heterocycles. The van der Waals surface area contributed by atoms with E-state index in [1.54, 1.807) is 0 Å². The second-order valence-electron chi connectivity index (χ2n) is 6.17. The lowest BCUT2D eigenvalue weighted by Gasteiger charge is -2.25. The van der Waals surface area contributed by atoms with Crippen LogP contribution in [0.4, 0.5) is 5.69 Å². The van der Waals surface area contributed by atoms with E-state index in [4.69, 9.17) is 5.73 Å². The van der Waals surface area contributed by atoms with E-state index in [-0.39, 0.29) is 11.3 Å². The number of benzene rings is 1. The first kappa shape index (κ1) is 13.1. The van der Waals surface area contributed by atoms with Crippen LogP contribution >= 0.6 is 0 Å². The smallest absolute Gasteiger partial charge is 0.241 e. The number of amides is 1.